The van der Waals surface area contributed by atoms with Crippen LogP contribution in [0.25, 0.3) is 0 Å². The molecule has 2 rings (SSSR count). The summed E-state index contributed by atoms with van der Waals surface area (Å²) in [5, 5.41) is 9.12. The van der Waals surface area contributed by atoms with Crippen molar-refractivity contribution in [3.63, 3.8) is 0 Å². The summed E-state index contributed by atoms with van der Waals surface area (Å²) in [5.41, 5.74) is 1.86. The number of ether oxygens (including phenoxy) is 1. The topological polar surface area (TPSA) is 42.4 Å². The van der Waals surface area contributed by atoms with Crippen LogP contribution >= 0.6 is 0 Å². The Morgan fingerprint density at radius 3 is 2.88 bits per heavy atom. The monoisotopic (exact) mass is 221 g/mol. The van der Waals surface area contributed by atoms with Gasteiger partial charge in [-0.3, -0.25) is 0 Å². The predicted molar refractivity (Wildman–Crippen MR) is 62.4 cm³/mol. The molecule has 0 spiro atoms. The molecule has 1 saturated carbocycles. The highest BCUT2D eigenvalue weighted by Crippen LogP contribution is 2.32. The standard InChI is InChI=1S/C13H19NO2/c1-2-12-7-11(9-15)8-13(14-12)16-6-5-10-3-4-10/h7-8,10,15H,2-6,9H2,1H3. The van der Waals surface area contributed by atoms with Crippen molar-refractivity contribution in [2.24, 2.45) is 5.92 Å². The summed E-state index contributed by atoms with van der Waals surface area (Å²) in [6.45, 7) is 2.85. The Bertz CT molecular complexity index is 326. The third-order valence-corrected chi connectivity index (χ3v) is 2.93. The number of aromatic nitrogens is 1. The Morgan fingerprint density at radius 1 is 1.44 bits per heavy atom. The number of nitrogens with zero attached hydrogens (tertiary/aromatic N) is 1. The molecule has 0 unspecified atom stereocenters. The lowest BCUT2D eigenvalue weighted by molar-refractivity contribution is 0.274. The molecule has 1 aliphatic carbocycles. The fourth-order valence-corrected chi connectivity index (χ4v) is 1.70. The Morgan fingerprint density at radius 2 is 2.25 bits per heavy atom. The summed E-state index contributed by atoms with van der Waals surface area (Å²) in [6.07, 6.45) is 4.71. The number of rotatable bonds is 6. The largest absolute Gasteiger partial charge is 0.478 e. The highest BCUT2D eigenvalue weighted by molar-refractivity contribution is 5.24. The summed E-state index contributed by atoms with van der Waals surface area (Å²) in [6, 6.07) is 3.75. The average Bonchev–Trinajstić information content (AvgIpc) is 3.12. The van der Waals surface area contributed by atoms with Crippen molar-refractivity contribution < 1.29 is 9.84 Å². The van der Waals surface area contributed by atoms with Gasteiger partial charge in [-0.1, -0.05) is 19.8 Å². The maximum absolute atomic E-state index is 9.12. The maximum Gasteiger partial charge on any atom is 0.213 e. The summed E-state index contributed by atoms with van der Waals surface area (Å²) in [4.78, 5) is 4.38. The van der Waals surface area contributed by atoms with Crippen LogP contribution in [-0.4, -0.2) is 16.7 Å². The minimum absolute atomic E-state index is 0.0501. The van der Waals surface area contributed by atoms with Crippen LogP contribution in [0.4, 0.5) is 0 Å². The molecule has 1 aromatic heterocycles. The smallest absolute Gasteiger partial charge is 0.213 e. The van der Waals surface area contributed by atoms with E-state index in [0.717, 1.165) is 36.6 Å². The highest BCUT2D eigenvalue weighted by atomic mass is 16.5. The Kier molecular flexibility index (Phi) is 3.78. The number of aliphatic hydroxyl groups excluding tert-OH is 1. The van der Waals surface area contributed by atoms with Crippen molar-refractivity contribution in [1.82, 2.24) is 4.98 Å². The van der Waals surface area contributed by atoms with E-state index in [-0.39, 0.29) is 6.61 Å². The molecule has 0 atom stereocenters. The van der Waals surface area contributed by atoms with Gasteiger partial charge in [0.1, 0.15) is 0 Å². The van der Waals surface area contributed by atoms with E-state index in [1.165, 1.54) is 12.8 Å². The molecule has 0 aliphatic heterocycles. The van der Waals surface area contributed by atoms with Crippen LogP contribution in [0.3, 0.4) is 0 Å². The quantitative estimate of drug-likeness (QED) is 0.801. The van der Waals surface area contributed by atoms with E-state index in [1.807, 2.05) is 12.1 Å². The Balaban J connectivity index is 1.94. The van der Waals surface area contributed by atoms with E-state index < -0.39 is 0 Å². The van der Waals surface area contributed by atoms with Crippen LogP contribution in [0.2, 0.25) is 0 Å². The van der Waals surface area contributed by atoms with Gasteiger partial charge in [-0.2, -0.15) is 0 Å². The number of aliphatic hydroxyl groups is 1. The zero-order valence-electron chi connectivity index (χ0n) is 9.78. The first-order chi connectivity index (χ1) is 7.81. The van der Waals surface area contributed by atoms with Gasteiger partial charge in [0.15, 0.2) is 0 Å². The molecule has 3 nitrogen and oxygen atoms in total. The molecule has 1 heterocycles. The molecule has 0 bridgehead atoms. The molecule has 0 radical (unpaired) electrons. The fourth-order valence-electron chi connectivity index (χ4n) is 1.70. The molecule has 0 amide bonds. The molecule has 16 heavy (non-hydrogen) atoms. The molecule has 0 aromatic carbocycles. The zero-order valence-corrected chi connectivity index (χ0v) is 9.78. The second-order valence-electron chi connectivity index (χ2n) is 4.40. The maximum atomic E-state index is 9.12. The Labute approximate surface area is 96.5 Å². The van der Waals surface area contributed by atoms with Crippen molar-refractivity contribution in [2.75, 3.05) is 6.61 Å². The molecule has 1 aromatic rings. The third-order valence-electron chi connectivity index (χ3n) is 2.93. The second-order valence-corrected chi connectivity index (χ2v) is 4.40. The predicted octanol–water partition coefficient (Wildman–Crippen LogP) is 2.32. The minimum Gasteiger partial charge on any atom is -0.478 e. The minimum atomic E-state index is 0.0501. The third kappa shape index (κ3) is 3.20. The molecular weight excluding hydrogens is 202 g/mol. The van der Waals surface area contributed by atoms with Crippen LogP contribution in [0.15, 0.2) is 12.1 Å². The molecule has 1 fully saturated rings. The van der Waals surface area contributed by atoms with E-state index in [0.29, 0.717) is 5.88 Å². The van der Waals surface area contributed by atoms with Crippen molar-refractivity contribution in [1.29, 1.82) is 0 Å². The fraction of sp³-hybridized carbons (Fsp3) is 0.615. The molecule has 3 heteroatoms. The van der Waals surface area contributed by atoms with Crippen molar-refractivity contribution in [3.05, 3.63) is 23.4 Å². The van der Waals surface area contributed by atoms with Gasteiger partial charge in [0.25, 0.3) is 0 Å². The van der Waals surface area contributed by atoms with Gasteiger partial charge in [-0.25, -0.2) is 4.98 Å². The average molecular weight is 221 g/mol. The first-order valence-corrected chi connectivity index (χ1v) is 6.05. The molecule has 0 saturated heterocycles. The lowest BCUT2D eigenvalue weighted by atomic mass is 10.2. The lowest BCUT2D eigenvalue weighted by Crippen LogP contribution is -2.02. The summed E-state index contributed by atoms with van der Waals surface area (Å²) >= 11 is 0. The van der Waals surface area contributed by atoms with Gasteiger partial charge in [0.05, 0.1) is 13.2 Å². The number of hydrogen-bond acceptors (Lipinski definition) is 3. The van der Waals surface area contributed by atoms with Crippen molar-refractivity contribution >= 4 is 0 Å². The molecule has 1 N–H and O–H groups in total. The van der Waals surface area contributed by atoms with Crippen LogP contribution in [0, 0.1) is 5.92 Å². The van der Waals surface area contributed by atoms with Crippen LogP contribution in [0.1, 0.15) is 37.4 Å². The molecular formula is C13H19NO2. The van der Waals surface area contributed by atoms with Gasteiger partial charge in [-0.05, 0) is 30.4 Å². The Hall–Kier alpha value is -1.09. The second kappa shape index (κ2) is 5.30. The normalized spacial score (nSPS) is 15.1. The van der Waals surface area contributed by atoms with Crippen molar-refractivity contribution in [3.8, 4) is 5.88 Å². The van der Waals surface area contributed by atoms with Gasteiger partial charge in [0, 0.05) is 11.8 Å². The number of pyridine rings is 1. The van der Waals surface area contributed by atoms with Crippen molar-refractivity contribution in [2.45, 2.75) is 39.2 Å². The van der Waals surface area contributed by atoms with E-state index in [2.05, 4.69) is 11.9 Å². The van der Waals surface area contributed by atoms with E-state index in [1.54, 1.807) is 0 Å². The van der Waals surface area contributed by atoms with E-state index in [9.17, 15) is 0 Å². The number of hydrogen-bond donors (Lipinski definition) is 1. The summed E-state index contributed by atoms with van der Waals surface area (Å²) < 4.78 is 5.62. The highest BCUT2D eigenvalue weighted by Gasteiger charge is 2.20. The first-order valence-electron chi connectivity index (χ1n) is 6.05. The SMILES string of the molecule is CCc1cc(CO)cc(OCCC2CC2)n1. The number of aryl methyl sites for hydroxylation is 1. The molecule has 1 aliphatic rings. The van der Waals surface area contributed by atoms with E-state index >= 15 is 0 Å². The summed E-state index contributed by atoms with van der Waals surface area (Å²) in [5.74, 6) is 1.54. The first kappa shape index (κ1) is 11.4. The lowest BCUT2D eigenvalue weighted by Gasteiger charge is -2.08. The zero-order chi connectivity index (χ0) is 11.4. The molecule has 88 valence electrons. The summed E-state index contributed by atoms with van der Waals surface area (Å²) in [7, 11) is 0. The van der Waals surface area contributed by atoms with Gasteiger partial charge < -0.3 is 9.84 Å². The van der Waals surface area contributed by atoms with Crippen LogP contribution < -0.4 is 4.74 Å². The van der Waals surface area contributed by atoms with Gasteiger partial charge in [0.2, 0.25) is 5.88 Å². The van der Waals surface area contributed by atoms with Crippen LogP contribution in [0.5, 0.6) is 5.88 Å². The van der Waals surface area contributed by atoms with E-state index in [4.69, 9.17) is 9.84 Å². The van der Waals surface area contributed by atoms with Gasteiger partial charge in [-0.15, -0.1) is 0 Å². The van der Waals surface area contributed by atoms with Crippen LogP contribution in [-0.2, 0) is 13.0 Å². The van der Waals surface area contributed by atoms with Gasteiger partial charge >= 0.3 is 0 Å².